The Kier molecular flexibility index (Phi) is 5.80. The van der Waals surface area contributed by atoms with Crippen molar-refractivity contribution >= 4 is 34.0 Å². The predicted octanol–water partition coefficient (Wildman–Crippen LogP) is 1.62. The average molecular weight is 336 g/mol. The van der Waals surface area contributed by atoms with Gasteiger partial charge in [0.05, 0.1) is 15.5 Å². The number of nitrogens with one attached hydrogen (secondary N) is 1. The maximum absolute atomic E-state index is 12.5. The lowest BCUT2D eigenvalue weighted by Crippen LogP contribution is -2.52. The van der Waals surface area contributed by atoms with Gasteiger partial charge < -0.3 is 5.32 Å². The first kappa shape index (κ1) is 17.2. The van der Waals surface area contributed by atoms with Crippen molar-refractivity contribution in [2.75, 3.05) is 19.6 Å². The van der Waals surface area contributed by atoms with Crippen molar-refractivity contribution in [3.05, 3.63) is 28.8 Å². The summed E-state index contributed by atoms with van der Waals surface area (Å²) in [6.45, 7) is 3.55. The monoisotopic (exact) mass is 335 g/mol. The molecule has 8 heteroatoms. The molecular formula is C12H15Cl2N3O2S. The van der Waals surface area contributed by atoms with Crippen LogP contribution in [0.2, 0.25) is 5.02 Å². The van der Waals surface area contributed by atoms with Crippen LogP contribution in [0.4, 0.5) is 0 Å². The molecule has 1 heterocycles. The van der Waals surface area contributed by atoms with Gasteiger partial charge >= 0.3 is 0 Å². The van der Waals surface area contributed by atoms with Gasteiger partial charge in [0.1, 0.15) is 6.07 Å². The van der Waals surface area contributed by atoms with Crippen LogP contribution in [0.1, 0.15) is 12.5 Å². The Morgan fingerprint density at radius 3 is 2.75 bits per heavy atom. The largest absolute Gasteiger partial charge is 0.314 e. The zero-order valence-corrected chi connectivity index (χ0v) is 13.2. The second-order valence-corrected chi connectivity index (χ2v) is 6.72. The number of nitriles is 1. The van der Waals surface area contributed by atoms with Crippen LogP contribution in [0.25, 0.3) is 0 Å². The second kappa shape index (κ2) is 6.74. The predicted molar refractivity (Wildman–Crippen MR) is 79.6 cm³/mol. The summed E-state index contributed by atoms with van der Waals surface area (Å²) in [6.07, 6.45) is 0. The summed E-state index contributed by atoms with van der Waals surface area (Å²) in [5.41, 5.74) is 0.272. The number of rotatable bonds is 2. The van der Waals surface area contributed by atoms with Gasteiger partial charge in [-0.15, -0.1) is 12.4 Å². The van der Waals surface area contributed by atoms with Crippen LogP contribution in [0.3, 0.4) is 0 Å². The Morgan fingerprint density at radius 1 is 1.50 bits per heavy atom. The number of benzene rings is 1. The molecule has 2 rings (SSSR count). The molecule has 0 aromatic heterocycles. The van der Waals surface area contributed by atoms with E-state index in [1.807, 2.05) is 13.0 Å². The summed E-state index contributed by atoms with van der Waals surface area (Å²) in [4.78, 5) is 0.130. The first-order valence-corrected chi connectivity index (χ1v) is 7.71. The Bertz CT molecular complexity index is 628. The molecule has 0 amide bonds. The van der Waals surface area contributed by atoms with Crippen LogP contribution in [0, 0.1) is 11.3 Å². The highest BCUT2D eigenvalue weighted by atomic mass is 35.5. The fourth-order valence-electron chi connectivity index (χ4n) is 2.06. The minimum Gasteiger partial charge on any atom is -0.314 e. The van der Waals surface area contributed by atoms with Gasteiger partial charge in [-0.05, 0) is 25.1 Å². The van der Waals surface area contributed by atoms with E-state index < -0.39 is 10.0 Å². The summed E-state index contributed by atoms with van der Waals surface area (Å²) >= 11 is 5.89. The highest BCUT2D eigenvalue weighted by Crippen LogP contribution is 2.24. The van der Waals surface area contributed by atoms with Crippen molar-refractivity contribution in [1.29, 1.82) is 5.26 Å². The summed E-state index contributed by atoms with van der Waals surface area (Å²) in [5.74, 6) is 0. The SMILES string of the molecule is C[C@H]1CNCCN1S(=O)(=O)c1ccc(C#N)c(Cl)c1.Cl. The highest BCUT2D eigenvalue weighted by Gasteiger charge is 2.31. The van der Waals surface area contributed by atoms with E-state index >= 15 is 0 Å². The van der Waals surface area contributed by atoms with Crippen LogP contribution in [-0.4, -0.2) is 38.4 Å². The topological polar surface area (TPSA) is 73.2 Å². The smallest absolute Gasteiger partial charge is 0.243 e. The lowest BCUT2D eigenvalue weighted by Gasteiger charge is -2.32. The number of sulfonamides is 1. The summed E-state index contributed by atoms with van der Waals surface area (Å²) in [5, 5.41) is 12.1. The minimum atomic E-state index is -3.56. The third kappa shape index (κ3) is 3.25. The molecular weight excluding hydrogens is 321 g/mol. The number of hydrogen-bond donors (Lipinski definition) is 1. The van der Waals surface area contributed by atoms with Gasteiger partial charge in [-0.3, -0.25) is 0 Å². The second-order valence-electron chi connectivity index (χ2n) is 4.42. The molecule has 20 heavy (non-hydrogen) atoms. The molecule has 0 spiro atoms. The van der Waals surface area contributed by atoms with E-state index in [-0.39, 0.29) is 33.9 Å². The number of piperazine rings is 1. The van der Waals surface area contributed by atoms with Crippen LogP contribution in [0.5, 0.6) is 0 Å². The molecule has 110 valence electrons. The van der Waals surface area contributed by atoms with E-state index in [0.29, 0.717) is 19.6 Å². The molecule has 0 saturated carbocycles. The first-order chi connectivity index (χ1) is 8.96. The number of hydrogen-bond acceptors (Lipinski definition) is 4. The quantitative estimate of drug-likeness (QED) is 0.891. The Morgan fingerprint density at radius 2 is 2.20 bits per heavy atom. The maximum atomic E-state index is 12.5. The molecule has 0 bridgehead atoms. The molecule has 1 N–H and O–H groups in total. The molecule has 1 atom stereocenters. The molecule has 1 saturated heterocycles. The summed E-state index contributed by atoms with van der Waals surface area (Å²) < 4.78 is 26.5. The van der Waals surface area contributed by atoms with Crippen molar-refractivity contribution in [1.82, 2.24) is 9.62 Å². The van der Waals surface area contributed by atoms with Crippen LogP contribution in [-0.2, 0) is 10.0 Å². The van der Waals surface area contributed by atoms with Gasteiger partial charge in [-0.1, -0.05) is 11.6 Å². The average Bonchev–Trinajstić information content (AvgIpc) is 2.39. The van der Waals surface area contributed by atoms with Crippen molar-refractivity contribution in [2.45, 2.75) is 17.9 Å². The molecule has 0 aliphatic carbocycles. The Balaban J connectivity index is 0.00000200. The van der Waals surface area contributed by atoms with Gasteiger partial charge in [-0.25, -0.2) is 8.42 Å². The van der Waals surface area contributed by atoms with Gasteiger partial charge in [0, 0.05) is 25.7 Å². The third-order valence-electron chi connectivity index (χ3n) is 3.11. The normalized spacial score (nSPS) is 19.9. The molecule has 0 radical (unpaired) electrons. The molecule has 1 fully saturated rings. The molecule has 1 aromatic rings. The van der Waals surface area contributed by atoms with E-state index in [1.54, 1.807) is 0 Å². The maximum Gasteiger partial charge on any atom is 0.243 e. The number of halogens is 2. The molecule has 1 aromatic carbocycles. The van der Waals surface area contributed by atoms with E-state index in [4.69, 9.17) is 16.9 Å². The van der Waals surface area contributed by atoms with Gasteiger partial charge in [0.2, 0.25) is 10.0 Å². The van der Waals surface area contributed by atoms with Crippen molar-refractivity contribution in [2.24, 2.45) is 0 Å². The van der Waals surface area contributed by atoms with Crippen molar-refractivity contribution in [3.8, 4) is 6.07 Å². The molecule has 1 aliphatic heterocycles. The Hall–Kier alpha value is -0.840. The minimum absolute atomic E-state index is 0. The van der Waals surface area contributed by atoms with Crippen LogP contribution < -0.4 is 5.32 Å². The first-order valence-electron chi connectivity index (χ1n) is 5.89. The van der Waals surface area contributed by atoms with Gasteiger partial charge in [0.15, 0.2) is 0 Å². The van der Waals surface area contributed by atoms with Gasteiger partial charge in [-0.2, -0.15) is 9.57 Å². The van der Waals surface area contributed by atoms with E-state index in [2.05, 4.69) is 5.32 Å². The zero-order valence-electron chi connectivity index (χ0n) is 10.8. The molecule has 5 nitrogen and oxygen atoms in total. The highest BCUT2D eigenvalue weighted by molar-refractivity contribution is 7.89. The fraction of sp³-hybridized carbons (Fsp3) is 0.417. The standard InChI is InChI=1S/C12H14ClN3O2S.ClH/c1-9-8-15-4-5-16(9)19(17,18)11-3-2-10(7-14)12(13)6-11;/h2-3,6,9,15H,4-5,8H2,1H3;1H/t9-;/m0./s1. The van der Waals surface area contributed by atoms with Crippen LogP contribution >= 0.6 is 24.0 Å². The van der Waals surface area contributed by atoms with Gasteiger partial charge in [0.25, 0.3) is 0 Å². The lowest BCUT2D eigenvalue weighted by molar-refractivity contribution is 0.284. The van der Waals surface area contributed by atoms with Crippen LogP contribution in [0.15, 0.2) is 23.1 Å². The lowest BCUT2D eigenvalue weighted by atomic mass is 10.2. The summed E-state index contributed by atoms with van der Waals surface area (Å²) in [7, 11) is -3.56. The zero-order chi connectivity index (χ0) is 14.0. The van der Waals surface area contributed by atoms with E-state index in [0.717, 1.165) is 0 Å². The van der Waals surface area contributed by atoms with Crippen molar-refractivity contribution in [3.63, 3.8) is 0 Å². The Labute approximate surface area is 130 Å². The van der Waals surface area contributed by atoms with Crippen molar-refractivity contribution < 1.29 is 8.42 Å². The summed E-state index contributed by atoms with van der Waals surface area (Å²) in [6, 6.07) is 6.00. The van der Waals surface area contributed by atoms with E-state index in [1.165, 1.54) is 22.5 Å². The fourth-order valence-corrected chi connectivity index (χ4v) is 4.01. The number of nitrogens with zero attached hydrogens (tertiary/aromatic N) is 2. The van der Waals surface area contributed by atoms with E-state index in [9.17, 15) is 8.42 Å². The molecule has 0 unspecified atom stereocenters. The molecule has 1 aliphatic rings. The third-order valence-corrected chi connectivity index (χ3v) is 5.43.